The molecular formula is C14H10FN3O2S. The number of thioether (sulfide) groups is 1. The number of aromatic nitrogens is 1. The molecule has 0 atom stereocenters. The van der Waals surface area contributed by atoms with E-state index in [4.69, 9.17) is 0 Å². The lowest BCUT2D eigenvalue weighted by atomic mass is 10.2. The molecule has 0 bridgehead atoms. The highest BCUT2D eigenvalue weighted by Crippen LogP contribution is 2.33. The average Bonchev–Trinajstić information content (AvgIpc) is 2.46. The zero-order valence-electron chi connectivity index (χ0n) is 10.7. The number of benzene rings is 1. The summed E-state index contributed by atoms with van der Waals surface area (Å²) in [6.45, 7) is 0. The molecule has 2 aromatic rings. The minimum absolute atomic E-state index is 0.0767. The molecule has 0 saturated heterocycles. The lowest BCUT2D eigenvalue weighted by Gasteiger charge is -2.17. The van der Waals surface area contributed by atoms with E-state index < -0.39 is 11.9 Å². The summed E-state index contributed by atoms with van der Waals surface area (Å²) in [7, 11) is 0. The van der Waals surface area contributed by atoms with Crippen LogP contribution in [0.15, 0.2) is 41.4 Å². The van der Waals surface area contributed by atoms with Gasteiger partial charge in [-0.25, -0.2) is 4.98 Å². The Labute approximate surface area is 124 Å². The van der Waals surface area contributed by atoms with E-state index in [0.717, 1.165) is 11.0 Å². The molecule has 1 aromatic carbocycles. The first-order chi connectivity index (χ1) is 10.1. The summed E-state index contributed by atoms with van der Waals surface area (Å²) in [5.74, 6) is -0.843. The van der Waals surface area contributed by atoms with Crippen molar-refractivity contribution < 1.29 is 14.0 Å². The zero-order chi connectivity index (χ0) is 14.8. The molecule has 5 nitrogen and oxygen atoms in total. The number of halogens is 1. The Hall–Kier alpha value is -2.41. The van der Waals surface area contributed by atoms with Gasteiger partial charge in [0.05, 0.1) is 11.4 Å². The van der Waals surface area contributed by atoms with Gasteiger partial charge >= 0.3 is 0 Å². The number of nitrogens with zero attached hydrogens (tertiary/aromatic N) is 1. The van der Waals surface area contributed by atoms with Gasteiger partial charge < -0.3 is 10.6 Å². The highest BCUT2D eigenvalue weighted by atomic mass is 32.2. The molecule has 3 rings (SSSR count). The maximum Gasteiger partial charge on any atom is 0.255 e. The van der Waals surface area contributed by atoms with Crippen LogP contribution >= 0.6 is 11.8 Å². The predicted molar refractivity (Wildman–Crippen MR) is 77.9 cm³/mol. The second kappa shape index (κ2) is 5.53. The molecule has 21 heavy (non-hydrogen) atoms. The second-order valence-electron chi connectivity index (χ2n) is 4.37. The van der Waals surface area contributed by atoms with Crippen LogP contribution in [0.2, 0.25) is 0 Å². The van der Waals surface area contributed by atoms with Gasteiger partial charge in [0.25, 0.3) is 5.91 Å². The van der Waals surface area contributed by atoms with Crippen LogP contribution in [0.1, 0.15) is 10.4 Å². The number of anilines is 2. The SMILES string of the molecule is O=C1CSc2ccc(NC(=O)c3ccnc(F)c3)cc2N1. The molecule has 0 radical (unpaired) electrons. The maximum atomic E-state index is 13.0. The third-order valence-electron chi connectivity index (χ3n) is 2.86. The molecule has 1 aromatic heterocycles. The number of carbonyl (C=O) groups excluding carboxylic acids is 2. The van der Waals surface area contributed by atoms with E-state index in [1.54, 1.807) is 12.1 Å². The van der Waals surface area contributed by atoms with Gasteiger partial charge in [0.15, 0.2) is 0 Å². The Bertz CT molecular complexity index is 736. The highest BCUT2D eigenvalue weighted by Gasteiger charge is 2.16. The van der Waals surface area contributed by atoms with Crippen LogP contribution in [0.25, 0.3) is 0 Å². The third-order valence-corrected chi connectivity index (χ3v) is 3.93. The van der Waals surface area contributed by atoms with Gasteiger partial charge in [-0.05, 0) is 24.3 Å². The summed E-state index contributed by atoms with van der Waals surface area (Å²) in [6.07, 6.45) is 1.23. The molecule has 0 aliphatic carbocycles. The average molecular weight is 303 g/mol. The van der Waals surface area contributed by atoms with Gasteiger partial charge in [0.2, 0.25) is 11.9 Å². The number of hydrogen-bond donors (Lipinski definition) is 2. The van der Waals surface area contributed by atoms with Crippen molar-refractivity contribution in [1.82, 2.24) is 4.98 Å². The number of pyridine rings is 1. The number of nitrogens with one attached hydrogen (secondary N) is 2. The van der Waals surface area contributed by atoms with Crippen LogP contribution in [-0.4, -0.2) is 22.6 Å². The summed E-state index contributed by atoms with van der Waals surface area (Å²) < 4.78 is 13.0. The molecule has 0 fully saturated rings. The molecule has 2 N–H and O–H groups in total. The normalized spacial score (nSPS) is 13.3. The van der Waals surface area contributed by atoms with Crippen LogP contribution in [0, 0.1) is 5.95 Å². The Morgan fingerprint density at radius 1 is 1.33 bits per heavy atom. The molecule has 1 aliphatic heterocycles. The summed E-state index contributed by atoms with van der Waals surface area (Å²) in [5, 5.41) is 5.40. The topological polar surface area (TPSA) is 71.1 Å². The van der Waals surface area contributed by atoms with Crippen molar-refractivity contribution in [3.8, 4) is 0 Å². The minimum atomic E-state index is -0.711. The molecule has 2 amide bonds. The number of amides is 2. The molecule has 2 heterocycles. The van der Waals surface area contributed by atoms with Crippen LogP contribution in [0.4, 0.5) is 15.8 Å². The van der Waals surface area contributed by atoms with Crippen molar-refractivity contribution in [1.29, 1.82) is 0 Å². The summed E-state index contributed by atoms with van der Waals surface area (Å²) in [4.78, 5) is 27.7. The largest absolute Gasteiger partial charge is 0.324 e. The standard InChI is InChI=1S/C14H10FN3O2S/c15-12-5-8(3-4-16-12)14(20)17-9-1-2-11-10(6-9)18-13(19)7-21-11/h1-6H,7H2,(H,17,20)(H,18,19). The number of carbonyl (C=O) groups is 2. The predicted octanol–water partition coefficient (Wildman–Crippen LogP) is 2.52. The Morgan fingerprint density at radius 2 is 2.19 bits per heavy atom. The lowest BCUT2D eigenvalue weighted by molar-refractivity contribution is -0.113. The van der Waals surface area contributed by atoms with E-state index in [0.29, 0.717) is 17.1 Å². The first-order valence-electron chi connectivity index (χ1n) is 6.11. The van der Waals surface area contributed by atoms with E-state index in [-0.39, 0.29) is 11.5 Å². The maximum absolute atomic E-state index is 13.0. The van der Waals surface area contributed by atoms with Gasteiger partial charge in [-0.2, -0.15) is 4.39 Å². The molecule has 0 unspecified atom stereocenters. The first kappa shape index (κ1) is 13.6. The Balaban J connectivity index is 1.80. The van der Waals surface area contributed by atoms with Crippen LogP contribution in [0.5, 0.6) is 0 Å². The molecule has 0 spiro atoms. The van der Waals surface area contributed by atoms with Crippen molar-refractivity contribution in [2.75, 3.05) is 16.4 Å². The lowest BCUT2D eigenvalue weighted by Crippen LogP contribution is -2.19. The summed E-state index contributed by atoms with van der Waals surface area (Å²) >= 11 is 1.44. The van der Waals surface area contributed by atoms with Crippen LogP contribution in [0.3, 0.4) is 0 Å². The van der Waals surface area contributed by atoms with Crippen molar-refractivity contribution in [3.63, 3.8) is 0 Å². The fourth-order valence-electron chi connectivity index (χ4n) is 1.91. The number of fused-ring (bicyclic) bond motifs is 1. The summed E-state index contributed by atoms with van der Waals surface area (Å²) in [5.41, 5.74) is 1.37. The Morgan fingerprint density at radius 3 is 3.00 bits per heavy atom. The number of rotatable bonds is 2. The zero-order valence-corrected chi connectivity index (χ0v) is 11.5. The van der Waals surface area contributed by atoms with Crippen LogP contribution < -0.4 is 10.6 Å². The first-order valence-corrected chi connectivity index (χ1v) is 7.10. The van der Waals surface area contributed by atoms with Gasteiger partial charge in [-0.15, -0.1) is 11.8 Å². The molecule has 0 saturated carbocycles. The fourth-order valence-corrected chi connectivity index (χ4v) is 2.70. The van der Waals surface area contributed by atoms with E-state index in [2.05, 4.69) is 15.6 Å². The highest BCUT2D eigenvalue weighted by molar-refractivity contribution is 8.00. The van der Waals surface area contributed by atoms with Crippen molar-refractivity contribution in [2.24, 2.45) is 0 Å². The van der Waals surface area contributed by atoms with E-state index in [1.165, 1.54) is 24.0 Å². The monoisotopic (exact) mass is 303 g/mol. The van der Waals surface area contributed by atoms with Crippen LogP contribution in [-0.2, 0) is 4.79 Å². The minimum Gasteiger partial charge on any atom is -0.324 e. The third kappa shape index (κ3) is 3.03. The second-order valence-corrected chi connectivity index (χ2v) is 5.39. The molecule has 7 heteroatoms. The molecule has 1 aliphatic rings. The van der Waals surface area contributed by atoms with Gasteiger partial charge in [0, 0.05) is 28.4 Å². The van der Waals surface area contributed by atoms with Gasteiger partial charge in [-0.1, -0.05) is 0 Å². The molecular weight excluding hydrogens is 293 g/mol. The van der Waals surface area contributed by atoms with E-state index in [1.807, 2.05) is 6.07 Å². The van der Waals surface area contributed by atoms with Crippen molar-refractivity contribution in [2.45, 2.75) is 4.90 Å². The van der Waals surface area contributed by atoms with Crippen molar-refractivity contribution in [3.05, 3.63) is 48.0 Å². The molecule has 106 valence electrons. The summed E-state index contributed by atoms with van der Waals surface area (Å²) in [6, 6.07) is 7.72. The fraction of sp³-hybridized carbons (Fsp3) is 0.0714. The smallest absolute Gasteiger partial charge is 0.255 e. The van der Waals surface area contributed by atoms with Gasteiger partial charge in [0.1, 0.15) is 0 Å². The quantitative estimate of drug-likeness (QED) is 0.836. The van der Waals surface area contributed by atoms with Crippen molar-refractivity contribution >= 4 is 35.0 Å². The number of hydrogen-bond acceptors (Lipinski definition) is 4. The van der Waals surface area contributed by atoms with E-state index >= 15 is 0 Å². The van der Waals surface area contributed by atoms with Gasteiger partial charge in [-0.3, -0.25) is 9.59 Å². The van der Waals surface area contributed by atoms with E-state index in [9.17, 15) is 14.0 Å². The Kier molecular flexibility index (Phi) is 3.57.